The first-order valence-corrected chi connectivity index (χ1v) is 15.7. The monoisotopic (exact) mass is 596 g/mol. The molecule has 0 spiro atoms. The number of benzene rings is 3. The summed E-state index contributed by atoms with van der Waals surface area (Å²) < 4.78 is 33.3. The number of aryl methyl sites for hydroxylation is 3. The van der Waals surface area contributed by atoms with Crippen LogP contribution in [0, 0.1) is 6.92 Å². The van der Waals surface area contributed by atoms with Crippen molar-refractivity contribution in [1.82, 2.24) is 9.62 Å². The number of carboxylic acid groups (broad SMARTS) is 1. The van der Waals surface area contributed by atoms with E-state index in [0.717, 1.165) is 41.5 Å². The topological polar surface area (TPSA) is 116 Å². The maximum atomic E-state index is 13.4. The Morgan fingerprint density at radius 2 is 1.76 bits per heavy atom. The zero-order valence-electron chi connectivity index (χ0n) is 25.3. The molecule has 3 aromatic carbocycles. The van der Waals surface area contributed by atoms with Gasteiger partial charge in [0.1, 0.15) is 5.75 Å². The molecule has 42 heavy (non-hydrogen) atoms. The Kier molecular flexibility index (Phi) is 11.7. The summed E-state index contributed by atoms with van der Waals surface area (Å²) in [4.78, 5) is 11.2. The number of rotatable bonds is 16. The van der Waals surface area contributed by atoms with Gasteiger partial charge in [0.05, 0.1) is 18.1 Å². The number of nitrogens with zero attached hydrogens (tertiary/aromatic N) is 1. The molecule has 1 atom stereocenters. The lowest BCUT2D eigenvalue weighted by Crippen LogP contribution is -2.46. The van der Waals surface area contributed by atoms with E-state index in [2.05, 4.69) is 31.3 Å². The van der Waals surface area contributed by atoms with E-state index in [0.29, 0.717) is 12.2 Å². The summed E-state index contributed by atoms with van der Waals surface area (Å²) in [5.74, 6) is -0.275. The van der Waals surface area contributed by atoms with Gasteiger partial charge in [-0.15, -0.1) is 0 Å². The molecule has 0 saturated carbocycles. The molecule has 3 rings (SSSR count). The third-order valence-electron chi connectivity index (χ3n) is 7.50. The molecule has 9 heteroatoms. The Balaban J connectivity index is 1.61. The fraction of sp³-hybridized carbons (Fsp3) is 0.424. The van der Waals surface area contributed by atoms with E-state index in [4.69, 9.17) is 9.84 Å². The van der Waals surface area contributed by atoms with Crippen LogP contribution in [0.15, 0.2) is 71.6 Å². The molecule has 0 aliphatic rings. The van der Waals surface area contributed by atoms with Crippen LogP contribution in [0.3, 0.4) is 0 Å². The summed E-state index contributed by atoms with van der Waals surface area (Å²) in [6.07, 6.45) is 2.34. The number of hydrogen-bond acceptors (Lipinski definition) is 6. The second-order valence-corrected chi connectivity index (χ2v) is 13.5. The predicted octanol–water partition coefficient (Wildman–Crippen LogP) is 5.06. The van der Waals surface area contributed by atoms with Crippen molar-refractivity contribution >= 4 is 16.0 Å². The molecule has 0 heterocycles. The molecule has 1 unspecified atom stereocenters. The van der Waals surface area contributed by atoms with Crippen molar-refractivity contribution in [2.45, 2.75) is 69.4 Å². The van der Waals surface area contributed by atoms with Crippen LogP contribution in [-0.4, -0.2) is 67.8 Å². The van der Waals surface area contributed by atoms with Gasteiger partial charge in [0.15, 0.2) is 0 Å². The van der Waals surface area contributed by atoms with E-state index in [9.17, 15) is 18.3 Å². The summed E-state index contributed by atoms with van der Waals surface area (Å²) in [7, 11) is -0.810. The lowest BCUT2D eigenvalue weighted by atomic mass is 9.95. The van der Waals surface area contributed by atoms with Crippen molar-refractivity contribution in [3.8, 4) is 16.9 Å². The Morgan fingerprint density at radius 3 is 2.40 bits per heavy atom. The summed E-state index contributed by atoms with van der Waals surface area (Å²) in [5.41, 5.74) is 4.32. The summed E-state index contributed by atoms with van der Waals surface area (Å²) in [5, 5.41) is 23.2. The SMILES string of the molecule is COc1ccc(-c2ccc(S(=O)(=O)N(C)CC(O)CNC(C)(C)CCCc3ccccc3)cc2C)cc1CCC(=O)O. The largest absolute Gasteiger partial charge is 0.496 e. The number of nitrogens with one attached hydrogen (secondary N) is 1. The molecule has 3 N–H and O–H groups in total. The van der Waals surface area contributed by atoms with Crippen LogP contribution in [0.4, 0.5) is 0 Å². The molecule has 0 bridgehead atoms. The van der Waals surface area contributed by atoms with Crippen molar-refractivity contribution in [1.29, 1.82) is 0 Å². The average Bonchev–Trinajstić information content (AvgIpc) is 2.95. The summed E-state index contributed by atoms with van der Waals surface area (Å²) in [6, 6.07) is 20.8. The number of sulfonamides is 1. The zero-order valence-corrected chi connectivity index (χ0v) is 26.1. The number of carbonyl (C=O) groups is 1. The molecule has 3 aromatic rings. The lowest BCUT2D eigenvalue weighted by Gasteiger charge is -2.29. The number of aliphatic carboxylic acids is 1. The maximum Gasteiger partial charge on any atom is 0.303 e. The number of likely N-dealkylation sites (N-methyl/N-ethyl adjacent to an activating group) is 1. The van der Waals surface area contributed by atoms with Crippen molar-refractivity contribution in [3.05, 3.63) is 83.4 Å². The van der Waals surface area contributed by atoms with Gasteiger partial charge in [-0.1, -0.05) is 42.5 Å². The molecular formula is C33H44N2O6S. The van der Waals surface area contributed by atoms with Crippen LogP contribution in [0.2, 0.25) is 0 Å². The fourth-order valence-electron chi connectivity index (χ4n) is 5.00. The third-order valence-corrected chi connectivity index (χ3v) is 9.32. The van der Waals surface area contributed by atoms with E-state index in [1.807, 2.05) is 37.3 Å². The van der Waals surface area contributed by atoms with E-state index < -0.39 is 22.1 Å². The van der Waals surface area contributed by atoms with Crippen LogP contribution < -0.4 is 10.1 Å². The van der Waals surface area contributed by atoms with Gasteiger partial charge in [-0.2, -0.15) is 4.31 Å². The minimum absolute atomic E-state index is 0.0184. The van der Waals surface area contributed by atoms with Gasteiger partial charge in [-0.05, 0) is 98.5 Å². The lowest BCUT2D eigenvalue weighted by molar-refractivity contribution is -0.136. The van der Waals surface area contributed by atoms with Crippen molar-refractivity contribution in [2.75, 3.05) is 27.2 Å². The van der Waals surface area contributed by atoms with Crippen molar-refractivity contribution in [2.24, 2.45) is 0 Å². The average molecular weight is 597 g/mol. The van der Waals surface area contributed by atoms with Crippen LogP contribution in [0.1, 0.15) is 49.8 Å². The molecule has 0 aromatic heterocycles. The summed E-state index contributed by atoms with van der Waals surface area (Å²) >= 11 is 0. The number of β-amino-alcohol motifs (C(OH)–C–C–N with tert-alkyl or cyclic N) is 1. The highest BCUT2D eigenvalue weighted by molar-refractivity contribution is 7.89. The Hall–Kier alpha value is -3.24. The minimum atomic E-state index is -3.83. The Morgan fingerprint density at radius 1 is 1.05 bits per heavy atom. The highest BCUT2D eigenvalue weighted by atomic mass is 32.2. The minimum Gasteiger partial charge on any atom is -0.496 e. The highest BCUT2D eigenvalue weighted by Gasteiger charge is 2.25. The number of ether oxygens (including phenoxy) is 1. The highest BCUT2D eigenvalue weighted by Crippen LogP contribution is 2.31. The molecular weight excluding hydrogens is 552 g/mol. The predicted molar refractivity (Wildman–Crippen MR) is 166 cm³/mol. The van der Waals surface area contributed by atoms with E-state index in [-0.39, 0.29) is 29.9 Å². The normalized spacial score (nSPS) is 12.8. The maximum absolute atomic E-state index is 13.4. The van der Waals surface area contributed by atoms with Gasteiger partial charge in [0, 0.05) is 32.1 Å². The number of aliphatic hydroxyl groups excluding tert-OH is 1. The molecule has 0 saturated heterocycles. The smallest absolute Gasteiger partial charge is 0.303 e. The van der Waals surface area contributed by atoms with Crippen LogP contribution in [-0.2, 0) is 27.7 Å². The van der Waals surface area contributed by atoms with Crippen LogP contribution in [0.5, 0.6) is 5.75 Å². The Bertz CT molecular complexity index is 1440. The van der Waals surface area contributed by atoms with Gasteiger partial charge < -0.3 is 20.3 Å². The molecule has 0 radical (unpaired) electrons. The molecule has 0 fully saturated rings. The zero-order chi connectivity index (χ0) is 30.9. The second kappa shape index (κ2) is 14.8. The van der Waals surface area contributed by atoms with Gasteiger partial charge in [0.2, 0.25) is 10.0 Å². The quantitative estimate of drug-likeness (QED) is 0.212. The Labute approximate surface area is 250 Å². The number of aliphatic hydroxyl groups is 1. The third kappa shape index (κ3) is 9.39. The number of carboxylic acids is 1. The van der Waals surface area contributed by atoms with E-state index in [1.54, 1.807) is 31.4 Å². The molecule has 228 valence electrons. The number of hydrogen-bond donors (Lipinski definition) is 3. The van der Waals surface area contributed by atoms with Gasteiger partial charge >= 0.3 is 5.97 Å². The van der Waals surface area contributed by atoms with Crippen molar-refractivity contribution < 1.29 is 28.2 Å². The van der Waals surface area contributed by atoms with Crippen molar-refractivity contribution in [3.63, 3.8) is 0 Å². The fourth-order valence-corrected chi connectivity index (χ4v) is 6.30. The van der Waals surface area contributed by atoms with E-state index >= 15 is 0 Å². The van der Waals surface area contributed by atoms with Gasteiger partial charge in [-0.25, -0.2) is 8.42 Å². The van der Waals surface area contributed by atoms with Crippen LogP contribution in [0.25, 0.3) is 11.1 Å². The molecule has 0 aliphatic carbocycles. The first-order valence-electron chi connectivity index (χ1n) is 14.3. The molecule has 0 amide bonds. The number of methoxy groups -OCH3 is 1. The van der Waals surface area contributed by atoms with Gasteiger partial charge in [0.25, 0.3) is 0 Å². The standard InChI is InChI=1S/C33H44N2O6S/c1-24-20-29(15-16-30(24)26-13-17-31(41-5)27(21-26)14-18-32(37)38)42(39,40)35(4)23-28(36)22-34-33(2,3)19-9-12-25-10-7-6-8-11-25/h6-8,10-11,13,15-17,20-21,28,34,36H,9,12,14,18-19,22-23H2,1-5H3,(H,37,38). The first-order chi connectivity index (χ1) is 19.8. The first kappa shape index (κ1) is 33.3. The second-order valence-electron chi connectivity index (χ2n) is 11.4. The molecule has 0 aliphatic heterocycles. The van der Waals surface area contributed by atoms with Crippen LogP contribution >= 0.6 is 0 Å². The van der Waals surface area contributed by atoms with Gasteiger partial charge in [-0.3, -0.25) is 4.79 Å². The molecule has 8 nitrogen and oxygen atoms in total. The summed E-state index contributed by atoms with van der Waals surface area (Å²) in [6.45, 7) is 6.26. The van der Waals surface area contributed by atoms with E-state index in [1.165, 1.54) is 16.9 Å².